The molecular formula is C15H12ClN3O2. The van der Waals surface area contributed by atoms with Crippen LogP contribution in [0.3, 0.4) is 0 Å². The topological polar surface area (TPSA) is 56.5 Å². The van der Waals surface area contributed by atoms with E-state index in [1.54, 1.807) is 22.8 Å². The molecule has 0 saturated heterocycles. The average molecular weight is 302 g/mol. The number of methoxy groups -OCH3 is 1. The minimum atomic E-state index is -0.403. The number of hydrogen-bond acceptors (Lipinski definition) is 4. The number of fused-ring (bicyclic) bond motifs is 1. The molecule has 3 aromatic rings. The molecule has 1 aromatic carbocycles. The summed E-state index contributed by atoms with van der Waals surface area (Å²) in [5.74, 6) is 0.241. The van der Waals surface area contributed by atoms with Gasteiger partial charge in [-0.15, -0.1) is 0 Å². The third-order valence-electron chi connectivity index (χ3n) is 3.10. The quantitative estimate of drug-likeness (QED) is 0.698. The Morgan fingerprint density at radius 3 is 2.86 bits per heavy atom. The van der Waals surface area contributed by atoms with Gasteiger partial charge in [-0.25, -0.2) is 14.3 Å². The first kappa shape index (κ1) is 13.6. The van der Waals surface area contributed by atoms with Gasteiger partial charge in [-0.05, 0) is 23.8 Å². The van der Waals surface area contributed by atoms with E-state index in [0.717, 1.165) is 5.56 Å². The molecule has 2 heterocycles. The zero-order valence-corrected chi connectivity index (χ0v) is 12.0. The molecular weight excluding hydrogens is 290 g/mol. The van der Waals surface area contributed by atoms with Crippen LogP contribution < -0.4 is 0 Å². The number of carbonyl (C=O) groups is 1. The number of rotatable bonds is 3. The van der Waals surface area contributed by atoms with Crippen molar-refractivity contribution in [3.05, 3.63) is 64.6 Å². The van der Waals surface area contributed by atoms with E-state index in [9.17, 15) is 4.79 Å². The Labute approximate surface area is 126 Å². The Morgan fingerprint density at radius 2 is 2.10 bits per heavy atom. The van der Waals surface area contributed by atoms with E-state index in [0.29, 0.717) is 28.5 Å². The van der Waals surface area contributed by atoms with Crippen LogP contribution >= 0.6 is 11.6 Å². The molecule has 5 nitrogen and oxygen atoms in total. The van der Waals surface area contributed by atoms with Crippen molar-refractivity contribution in [3.63, 3.8) is 0 Å². The second-order valence-electron chi connectivity index (χ2n) is 4.51. The number of benzene rings is 1. The summed E-state index contributed by atoms with van der Waals surface area (Å²) < 4.78 is 6.25. The van der Waals surface area contributed by atoms with Crippen LogP contribution in [0, 0.1) is 0 Å². The van der Waals surface area contributed by atoms with Crippen LogP contribution in [-0.2, 0) is 11.2 Å². The van der Waals surface area contributed by atoms with Crippen molar-refractivity contribution in [3.8, 4) is 0 Å². The zero-order chi connectivity index (χ0) is 14.8. The summed E-state index contributed by atoms with van der Waals surface area (Å²) in [4.78, 5) is 15.9. The van der Waals surface area contributed by atoms with Crippen LogP contribution in [0.2, 0.25) is 5.02 Å². The number of pyridine rings is 1. The Balaban J connectivity index is 1.94. The Morgan fingerprint density at radius 1 is 1.29 bits per heavy atom. The van der Waals surface area contributed by atoms with Gasteiger partial charge in [-0.3, -0.25) is 0 Å². The molecule has 0 fully saturated rings. The number of esters is 1. The summed E-state index contributed by atoms with van der Waals surface area (Å²) in [7, 11) is 1.34. The van der Waals surface area contributed by atoms with Crippen LogP contribution in [0.4, 0.5) is 0 Å². The second kappa shape index (κ2) is 5.54. The lowest BCUT2D eigenvalue weighted by molar-refractivity contribution is 0.0600. The molecule has 0 amide bonds. The first-order valence-corrected chi connectivity index (χ1v) is 6.72. The van der Waals surface area contributed by atoms with Gasteiger partial charge in [0.25, 0.3) is 0 Å². The molecule has 0 unspecified atom stereocenters. The molecule has 0 bridgehead atoms. The van der Waals surface area contributed by atoms with Crippen LogP contribution in [0.5, 0.6) is 0 Å². The number of hydrogen-bond donors (Lipinski definition) is 0. The van der Waals surface area contributed by atoms with Crippen LogP contribution in [-0.4, -0.2) is 27.7 Å². The summed E-state index contributed by atoms with van der Waals surface area (Å²) in [5, 5.41) is 5.05. The van der Waals surface area contributed by atoms with E-state index in [-0.39, 0.29) is 0 Å². The molecule has 0 radical (unpaired) electrons. The van der Waals surface area contributed by atoms with Gasteiger partial charge in [-0.2, -0.15) is 5.10 Å². The summed E-state index contributed by atoms with van der Waals surface area (Å²) in [6.45, 7) is 0. The number of halogens is 1. The lowest BCUT2D eigenvalue weighted by Crippen LogP contribution is -2.03. The zero-order valence-electron chi connectivity index (χ0n) is 11.3. The molecule has 3 rings (SSSR count). The van der Waals surface area contributed by atoms with E-state index in [1.165, 1.54) is 7.11 Å². The third-order valence-corrected chi connectivity index (χ3v) is 3.47. The SMILES string of the molecule is COC(=O)c1ccc2nc(Cc3ccccc3Cl)nn2c1. The van der Waals surface area contributed by atoms with Gasteiger partial charge >= 0.3 is 5.97 Å². The van der Waals surface area contributed by atoms with Crippen molar-refractivity contribution in [2.75, 3.05) is 7.11 Å². The minimum Gasteiger partial charge on any atom is -0.465 e. The Bertz CT molecular complexity index is 814. The summed E-state index contributed by atoms with van der Waals surface area (Å²) >= 11 is 6.13. The van der Waals surface area contributed by atoms with E-state index in [1.807, 2.05) is 24.3 Å². The Kier molecular flexibility index (Phi) is 3.58. The van der Waals surface area contributed by atoms with Gasteiger partial charge in [0, 0.05) is 17.6 Å². The molecule has 0 aliphatic heterocycles. The maximum atomic E-state index is 11.5. The van der Waals surface area contributed by atoms with E-state index in [2.05, 4.69) is 14.8 Å². The number of carbonyl (C=O) groups excluding carboxylic acids is 1. The highest BCUT2D eigenvalue weighted by Crippen LogP contribution is 2.18. The lowest BCUT2D eigenvalue weighted by Gasteiger charge is -1.99. The molecule has 0 atom stereocenters. The molecule has 0 aliphatic carbocycles. The van der Waals surface area contributed by atoms with Crippen molar-refractivity contribution in [1.82, 2.24) is 14.6 Å². The number of aromatic nitrogens is 3. The van der Waals surface area contributed by atoms with E-state index in [4.69, 9.17) is 11.6 Å². The minimum absolute atomic E-state index is 0.403. The molecule has 0 saturated carbocycles. The maximum Gasteiger partial charge on any atom is 0.339 e. The molecule has 0 spiro atoms. The van der Waals surface area contributed by atoms with Crippen LogP contribution in [0.15, 0.2) is 42.6 Å². The molecule has 2 aromatic heterocycles. The highest BCUT2D eigenvalue weighted by molar-refractivity contribution is 6.31. The standard InChI is InChI=1S/C15H12ClN3O2/c1-21-15(20)11-6-7-14-17-13(18-19(14)9-11)8-10-4-2-3-5-12(10)16/h2-7,9H,8H2,1H3. The molecule has 106 valence electrons. The largest absolute Gasteiger partial charge is 0.465 e. The fourth-order valence-electron chi connectivity index (χ4n) is 2.05. The predicted molar refractivity (Wildman–Crippen MR) is 78.6 cm³/mol. The summed E-state index contributed by atoms with van der Waals surface area (Å²) in [6.07, 6.45) is 2.14. The van der Waals surface area contributed by atoms with E-state index < -0.39 is 5.97 Å². The highest BCUT2D eigenvalue weighted by atomic mass is 35.5. The molecule has 0 aliphatic rings. The predicted octanol–water partition coefficient (Wildman–Crippen LogP) is 2.76. The highest BCUT2D eigenvalue weighted by Gasteiger charge is 2.10. The number of nitrogens with zero attached hydrogens (tertiary/aromatic N) is 3. The van der Waals surface area contributed by atoms with Crippen molar-refractivity contribution < 1.29 is 9.53 Å². The fraction of sp³-hybridized carbons (Fsp3) is 0.133. The van der Waals surface area contributed by atoms with Gasteiger partial charge in [0.2, 0.25) is 0 Å². The first-order valence-electron chi connectivity index (χ1n) is 6.34. The van der Waals surface area contributed by atoms with Gasteiger partial charge in [0.15, 0.2) is 11.5 Å². The maximum absolute atomic E-state index is 11.5. The van der Waals surface area contributed by atoms with E-state index >= 15 is 0 Å². The van der Waals surface area contributed by atoms with Crippen molar-refractivity contribution >= 4 is 23.2 Å². The van der Waals surface area contributed by atoms with Crippen molar-refractivity contribution in [2.45, 2.75) is 6.42 Å². The van der Waals surface area contributed by atoms with Gasteiger partial charge < -0.3 is 4.74 Å². The third kappa shape index (κ3) is 2.73. The normalized spacial score (nSPS) is 10.8. The summed E-state index contributed by atoms with van der Waals surface area (Å²) in [6, 6.07) is 11.0. The second-order valence-corrected chi connectivity index (χ2v) is 4.92. The number of ether oxygens (including phenoxy) is 1. The monoisotopic (exact) mass is 301 g/mol. The summed E-state index contributed by atoms with van der Waals surface area (Å²) in [5.41, 5.74) is 2.06. The molecule has 6 heteroatoms. The lowest BCUT2D eigenvalue weighted by atomic mass is 10.1. The smallest absolute Gasteiger partial charge is 0.339 e. The van der Waals surface area contributed by atoms with Gasteiger partial charge in [0.05, 0.1) is 12.7 Å². The van der Waals surface area contributed by atoms with Crippen molar-refractivity contribution in [1.29, 1.82) is 0 Å². The average Bonchev–Trinajstić information content (AvgIpc) is 2.90. The van der Waals surface area contributed by atoms with Crippen LogP contribution in [0.1, 0.15) is 21.7 Å². The fourth-order valence-corrected chi connectivity index (χ4v) is 2.26. The Hall–Kier alpha value is -2.40. The van der Waals surface area contributed by atoms with Crippen LogP contribution in [0.25, 0.3) is 5.65 Å². The van der Waals surface area contributed by atoms with Gasteiger partial charge in [-0.1, -0.05) is 29.8 Å². The molecule has 21 heavy (non-hydrogen) atoms. The van der Waals surface area contributed by atoms with Crippen molar-refractivity contribution in [2.24, 2.45) is 0 Å². The van der Waals surface area contributed by atoms with Gasteiger partial charge in [0.1, 0.15) is 0 Å². The first-order chi connectivity index (χ1) is 10.2. The molecule has 0 N–H and O–H groups in total.